The Balaban J connectivity index is 1.46. The normalized spacial score (nSPS) is 14.0. The second kappa shape index (κ2) is 8.53. The van der Waals surface area contributed by atoms with E-state index in [4.69, 9.17) is 11.6 Å². The Morgan fingerprint density at radius 3 is 2.38 bits per heavy atom. The molecule has 2 heterocycles. The number of pyridine rings is 1. The Labute approximate surface area is 175 Å². The molecule has 2 aromatic carbocycles. The fourth-order valence-electron chi connectivity index (χ4n) is 3.49. The number of benzene rings is 2. The molecular weight excluding hydrogens is 384 g/mol. The van der Waals surface area contributed by atoms with Gasteiger partial charge in [0.15, 0.2) is 0 Å². The van der Waals surface area contributed by atoms with E-state index in [0.29, 0.717) is 29.6 Å². The molecule has 4 rings (SSSR count). The number of carbonyl (C=O) groups is 1. The van der Waals surface area contributed by atoms with Crippen molar-refractivity contribution in [1.29, 1.82) is 0 Å². The van der Waals surface area contributed by atoms with Gasteiger partial charge < -0.3 is 15.1 Å². The molecule has 0 atom stereocenters. The summed E-state index contributed by atoms with van der Waals surface area (Å²) in [5.41, 5.74) is 3.59. The number of nitrogens with zero attached hydrogens (tertiary/aromatic N) is 3. The van der Waals surface area contributed by atoms with E-state index in [-0.39, 0.29) is 5.91 Å². The summed E-state index contributed by atoms with van der Waals surface area (Å²) in [6.07, 6.45) is 0. The topological polar surface area (TPSA) is 48.5 Å². The van der Waals surface area contributed by atoms with Crippen LogP contribution in [0.15, 0.2) is 66.7 Å². The molecular formula is C23H23ClN4O. The molecule has 1 saturated heterocycles. The maximum Gasteiger partial charge on any atom is 0.272 e. The molecule has 0 radical (unpaired) electrons. The number of para-hydroxylation sites is 2. The van der Waals surface area contributed by atoms with Crippen molar-refractivity contribution >= 4 is 34.7 Å². The summed E-state index contributed by atoms with van der Waals surface area (Å²) in [6.45, 7) is 4.92. The number of nitrogens with one attached hydrogen (secondary N) is 1. The molecule has 1 N–H and O–H groups in total. The zero-order valence-electron chi connectivity index (χ0n) is 16.3. The quantitative estimate of drug-likeness (QED) is 0.679. The van der Waals surface area contributed by atoms with Crippen LogP contribution in [-0.2, 0) is 0 Å². The van der Waals surface area contributed by atoms with E-state index in [1.165, 1.54) is 5.69 Å². The van der Waals surface area contributed by atoms with E-state index in [2.05, 4.69) is 27.3 Å². The molecule has 0 spiro atoms. The second-order valence-electron chi connectivity index (χ2n) is 7.11. The van der Waals surface area contributed by atoms with Gasteiger partial charge in [0, 0.05) is 42.6 Å². The van der Waals surface area contributed by atoms with Crippen LogP contribution in [0.25, 0.3) is 0 Å². The zero-order chi connectivity index (χ0) is 20.2. The van der Waals surface area contributed by atoms with E-state index >= 15 is 0 Å². The van der Waals surface area contributed by atoms with Crippen molar-refractivity contribution in [2.75, 3.05) is 36.4 Å². The minimum atomic E-state index is -0.0898. The predicted molar refractivity (Wildman–Crippen MR) is 118 cm³/mol. The lowest BCUT2D eigenvalue weighted by molar-refractivity contribution is 0.0741. The molecule has 5 nitrogen and oxygen atoms in total. The van der Waals surface area contributed by atoms with Crippen LogP contribution in [0.4, 0.5) is 17.2 Å². The number of hydrogen-bond acceptors (Lipinski definition) is 4. The number of hydrogen-bond donors (Lipinski definition) is 1. The van der Waals surface area contributed by atoms with Gasteiger partial charge in [-0.25, -0.2) is 4.98 Å². The van der Waals surface area contributed by atoms with E-state index in [0.717, 1.165) is 24.3 Å². The first-order chi connectivity index (χ1) is 14.1. The van der Waals surface area contributed by atoms with Crippen LogP contribution in [0.5, 0.6) is 0 Å². The molecule has 3 aromatic rings. The maximum absolute atomic E-state index is 13.0. The van der Waals surface area contributed by atoms with Crippen molar-refractivity contribution in [3.63, 3.8) is 0 Å². The first-order valence-electron chi connectivity index (χ1n) is 9.70. The van der Waals surface area contributed by atoms with Gasteiger partial charge in [-0.05, 0) is 42.8 Å². The van der Waals surface area contributed by atoms with Gasteiger partial charge in [0.25, 0.3) is 5.91 Å². The molecule has 29 heavy (non-hydrogen) atoms. The number of halogens is 1. The number of carbonyl (C=O) groups excluding carboxylic acids is 1. The van der Waals surface area contributed by atoms with Crippen molar-refractivity contribution in [3.8, 4) is 0 Å². The number of aromatic nitrogens is 1. The van der Waals surface area contributed by atoms with E-state index in [9.17, 15) is 4.79 Å². The first kappa shape index (κ1) is 19.3. The molecule has 0 aliphatic carbocycles. The standard InChI is InChI=1S/C23H23ClN4O/c1-17-7-5-6-10-20(17)25-22-16-18(24)15-21(26-22)23(29)28-13-11-27(12-14-28)19-8-3-2-4-9-19/h2-10,15-16H,11-14H2,1H3,(H,25,26). The fraction of sp³-hybridized carbons (Fsp3) is 0.217. The van der Waals surface area contributed by atoms with Crippen molar-refractivity contribution in [2.24, 2.45) is 0 Å². The minimum Gasteiger partial charge on any atom is -0.368 e. The van der Waals surface area contributed by atoms with Crippen LogP contribution < -0.4 is 10.2 Å². The Hall–Kier alpha value is -3.05. The van der Waals surface area contributed by atoms with Crippen molar-refractivity contribution in [3.05, 3.63) is 83.0 Å². The van der Waals surface area contributed by atoms with E-state index in [1.54, 1.807) is 12.1 Å². The molecule has 6 heteroatoms. The van der Waals surface area contributed by atoms with Gasteiger partial charge in [0.05, 0.1) is 0 Å². The third-order valence-electron chi connectivity index (χ3n) is 5.11. The third kappa shape index (κ3) is 4.51. The number of aryl methyl sites for hydroxylation is 1. The van der Waals surface area contributed by atoms with Gasteiger partial charge in [0.1, 0.15) is 11.5 Å². The fourth-order valence-corrected chi connectivity index (χ4v) is 3.70. The van der Waals surface area contributed by atoms with Crippen LogP contribution in [0.1, 0.15) is 16.1 Å². The van der Waals surface area contributed by atoms with Gasteiger partial charge in [-0.1, -0.05) is 48.0 Å². The number of amides is 1. The summed E-state index contributed by atoms with van der Waals surface area (Å²) in [6, 6.07) is 21.6. The molecule has 0 bridgehead atoms. The van der Waals surface area contributed by atoms with E-state index in [1.807, 2.05) is 54.3 Å². The average molecular weight is 407 g/mol. The van der Waals surface area contributed by atoms with Gasteiger partial charge in [-0.3, -0.25) is 4.79 Å². The van der Waals surface area contributed by atoms with Crippen molar-refractivity contribution in [2.45, 2.75) is 6.92 Å². The monoisotopic (exact) mass is 406 g/mol. The molecule has 148 valence electrons. The summed E-state index contributed by atoms with van der Waals surface area (Å²) < 4.78 is 0. The molecule has 1 amide bonds. The summed E-state index contributed by atoms with van der Waals surface area (Å²) in [4.78, 5) is 21.7. The van der Waals surface area contributed by atoms with Gasteiger partial charge >= 0.3 is 0 Å². The number of rotatable bonds is 4. The Kier molecular flexibility index (Phi) is 5.67. The Bertz CT molecular complexity index is 1000. The van der Waals surface area contributed by atoms with Crippen LogP contribution in [0.2, 0.25) is 5.02 Å². The maximum atomic E-state index is 13.0. The smallest absolute Gasteiger partial charge is 0.272 e. The van der Waals surface area contributed by atoms with Crippen LogP contribution in [0, 0.1) is 6.92 Å². The van der Waals surface area contributed by atoms with Crippen LogP contribution in [0.3, 0.4) is 0 Å². The highest BCUT2D eigenvalue weighted by molar-refractivity contribution is 6.31. The van der Waals surface area contributed by atoms with Crippen molar-refractivity contribution in [1.82, 2.24) is 9.88 Å². The Morgan fingerprint density at radius 2 is 1.66 bits per heavy atom. The first-order valence-corrected chi connectivity index (χ1v) is 10.1. The van der Waals surface area contributed by atoms with Gasteiger partial charge in [-0.15, -0.1) is 0 Å². The molecule has 0 unspecified atom stereocenters. The second-order valence-corrected chi connectivity index (χ2v) is 7.55. The molecule has 1 aliphatic heterocycles. The summed E-state index contributed by atoms with van der Waals surface area (Å²) >= 11 is 6.28. The van der Waals surface area contributed by atoms with Crippen LogP contribution in [-0.4, -0.2) is 42.0 Å². The SMILES string of the molecule is Cc1ccccc1Nc1cc(Cl)cc(C(=O)N2CCN(c3ccccc3)CC2)n1. The lowest BCUT2D eigenvalue weighted by atomic mass is 10.2. The Morgan fingerprint density at radius 1 is 0.966 bits per heavy atom. The largest absolute Gasteiger partial charge is 0.368 e. The summed E-state index contributed by atoms with van der Waals surface area (Å²) in [5, 5.41) is 3.75. The number of piperazine rings is 1. The molecule has 1 fully saturated rings. The van der Waals surface area contributed by atoms with Crippen molar-refractivity contribution < 1.29 is 4.79 Å². The number of anilines is 3. The zero-order valence-corrected chi connectivity index (χ0v) is 17.1. The predicted octanol–water partition coefficient (Wildman–Crippen LogP) is 4.75. The van der Waals surface area contributed by atoms with Crippen LogP contribution >= 0.6 is 11.6 Å². The summed E-state index contributed by atoms with van der Waals surface area (Å²) in [5.74, 6) is 0.478. The lowest BCUT2D eigenvalue weighted by Gasteiger charge is -2.36. The highest BCUT2D eigenvalue weighted by atomic mass is 35.5. The summed E-state index contributed by atoms with van der Waals surface area (Å²) in [7, 11) is 0. The van der Waals surface area contributed by atoms with Gasteiger partial charge in [0.2, 0.25) is 0 Å². The highest BCUT2D eigenvalue weighted by Gasteiger charge is 2.23. The average Bonchev–Trinajstić information content (AvgIpc) is 2.75. The highest BCUT2D eigenvalue weighted by Crippen LogP contribution is 2.23. The molecule has 0 saturated carbocycles. The third-order valence-corrected chi connectivity index (χ3v) is 5.32. The van der Waals surface area contributed by atoms with Gasteiger partial charge in [-0.2, -0.15) is 0 Å². The molecule has 1 aromatic heterocycles. The molecule has 1 aliphatic rings. The van der Waals surface area contributed by atoms with E-state index < -0.39 is 0 Å². The lowest BCUT2D eigenvalue weighted by Crippen LogP contribution is -2.49. The minimum absolute atomic E-state index is 0.0898.